The van der Waals surface area contributed by atoms with E-state index in [9.17, 15) is 19.2 Å². The zero-order valence-corrected chi connectivity index (χ0v) is 21.2. The predicted octanol–water partition coefficient (Wildman–Crippen LogP) is 1.12. The molecule has 1 atom stereocenters. The molecule has 0 spiro atoms. The molecule has 0 aliphatic carbocycles. The molecule has 0 aliphatic heterocycles. The van der Waals surface area contributed by atoms with Crippen molar-refractivity contribution in [1.82, 2.24) is 26.6 Å². The molecule has 188 valence electrons. The highest BCUT2D eigenvalue weighted by molar-refractivity contribution is 5.88. The molecule has 0 aromatic rings. The minimum atomic E-state index is -0.783. The molecule has 0 aromatic carbocycles. The molecule has 0 radical (unpaired) electrons. The van der Waals surface area contributed by atoms with E-state index in [-0.39, 0.29) is 48.7 Å². The van der Waals surface area contributed by atoms with Crippen molar-refractivity contribution in [2.24, 2.45) is 5.92 Å². The van der Waals surface area contributed by atoms with E-state index in [0.717, 1.165) is 0 Å². The van der Waals surface area contributed by atoms with Crippen LogP contribution in [-0.2, 0) is 19.2 Å². The Morgan fingerprint density at radius 3 is 1.94 bits per heavy atom. The fourth-order valence-corrected chi connectivity index (χ4v) is 2.61. The molecule has 0 fully saturated rings. The normalized spacial score (nSPS) is 11.4. The molecule has 3 amide bonds. The number of carbonyl (C=O) groups excluding carboxylic acids is 4. The number of hydrogen-bond acceptors (Lipinski definition) is 6. The van der Waals surface area contributed by atoms with E-state index in [0.29, 0.717) is 45.1 Å². The highest BCUT2D eigenvalue weighted by Crippen LogP contribution is 2.05. The first-order valence-corrected chi connectivity index (χ1v) is 11.9. The van der Waals surface area contributed by atoms with Crippen molar-refractivity contribution in [2.75, 3.05) is 33.2 Å². The van der Waals surface area contributed by atoms with Crippen molar-refractivity contribution in [3.63, 3.8) is 0 Å². The molecule has 32 heavy (non-hydrogen) atoms. The quantitative estimate of drug-likeness (QED) is 0.208. The van der Waals surface area contributed by atoms with Gasteiger partial charge >= 0.3 is 0 Å². The topological polar surface area (TPSA) is 128 Å². The average Bonchev–Trinajstić information content (AvgIpc) is 2.75. The highest BCUT2D eigenvalue weighted by Gasteiger charge is 2.21. The zero-order valence-electron chi connectivity index (χ0n) is 21.2. The highest BCUT2D eigenvalue weighted by atomic mass is 16.2. The maximum atomic E-state index is 12.4. The van der Waals surface area contributed by atoms with Gasteiger partial charge in [0.15, 0.2) is 0 Å². The Hall–Kier alpha value is -2.00. The monoisotopic (exact) mass is 457 g/mol. The SMILES string of the molecule is CC.CNCCNC(=O)C(CCC(=O)NCCNC(C)C)NC(=O)CCCC(=O)C(C)C. The summed E-state index contributed by atoms with van der Waals surface area (Å²) in [5, 5.41) is 14.4. The van der Waals surface area contributed by atoms with Crippen LogP contribution in [0.2, 0.25) is 0 Å². The van der Waals surface area contributed by atoms with Crippen LogP contribution in [0.5, 0.6) is 0 Å². The van der Waals surface area contributed by atoms with E-state index in [1.54, 1.807) is 7.05 Å². The summed E-state index contributed by atoms with van der Waals surface area (Å²) in [6.45, 7) is 13.9. The summed E-state index contributed by atoms with van der Waals surface area (Å²) in [6.07, 6.45) is 1.31. The number of nitrogens with one attached hydrogen (secondary N) is 5. The number of carbonyl (C=O) groups is 4. The standard InChI is InChI=1S/C21H41N5O4.C2H6/c1-15(2)18(27)7-6-8-20(29)26-17(21(30)25-12-11-22-5)9-10-19(28)24-14-13-23-16(3)4;1-2/h15-17,22-23H,6-14H2,1-5H3,(H,24,28)(H,25,30)(H,26,29);1-2H3. The third-order valence-corrected chi connectivity index (χ3v) is 4.46. The van der Waals surface area contributed by atoms with Crippen molar-refractivity contribution < 1.29 is 19.2 Å². The third-order valence-electron chi connectivity index (χ3n) is 4.46. The molecule has 0 saturated carbocycles. The first-order chi connectivity index (χ1) is 15.2. The largest absolute Gasteiger partial charge is 0.355 e. The van der Waals surface area contributed by atoms with Gasteiger partial charge in [-0.2, -0.15) is 0 Å². The molecule has 0 bridgehead atoms. The molecule has 0 aromatic heterocycles. The molecular formula is C23H47N5O4. The molecular weight excluding hydrogens is 410 g/mol. The molecule has 0 heterocycles. The lowest BCUT2D eigenvalue weighted by atomic mass is 10.0. The third kappa shape index (κ3) is 18.7. The van der Waals surface area contributed by atoms with E-state index < -0.39 is 6.04 Å². The number of ketones is 1. The Kier molecular flexibility index (Phi) is 21.0. The van der Waals surface area contributed by atoms with Crippen LogP contribution in [0.25, 0.3) is 0 Å². The van der Waals surface area contributed by atoms with Gasteiger partial charge in [-0.25, -0.2) is 0 Å². The summed E-state index contributed by atoms with van der Waals surface area (Å²) in [5.41, 5.74) is 0. The smallest absolute Gasteiger partial charge is 0.242 e. The van der Waals surface area contributed by atoms with Crippen molar-refractivity contribution in [2.45, 2.75) is 85.7 Å². The molecule has 0 rings (SSSR count). The number of amides is 3. The van der Waals surface area contributed by atoms with Crippen LogP contribution in [0.3, 0.4) is 0 Å². The maximum absolute atomic E-state index is 12.4. The Balaban J connectivity index is 0. The number of Topliss-reactive ketones (excluding diaryl/α,β-unsaturated/α-hetero) is 1. The van der Waals surface area contributed by atoms with Gasteiger partial charge in [-0.3, -0.25) is 19.2 Å². The first kappa shape index (κ1) is 32.2. The molecule has 5 N–H and O–H groups in total. The second kappa shape index (κ2) is 20.9. The van der Waals surface area contributed by atoms with Crippen molar-refractivity contribution in [3.8, 4) is 0 Å². The lowest BCUT2D eigenvalue weighted by Gasteiger charge is -2.18. The zero-order chi connectivity index (χ0) is 24.9. The van der Waals surface area contributed by atoms with Crippen molar-refractivity contribution in [1.29, 1.82) is 0 Å². The fraction of sp³-hybridized carbons (Fsp3) is 0.826. The number of rotatable bonds is 17. The Morgan fingerprint density at radius 2 is 1.38 bits per heavy atom. The Labute approximate surface area is 194 Å². The molecule has 0 aliphatic rings. The minimum absolute atomic E-state index is 0.0481. The predicted molar refractivity (Wildman–Crippen MR) is 129 cm³/mol. The fourth-order valence-electron chi connectivity index (χ4n) is 2.61. The summed E-state index contributed by atoms with van der Waals surface area (Å²) >= 11 is 0. The van der Waals surface area contributed by atoms with Gasteiger partial charge in [0.05, 0.1) is 0 Å². The van der Waals surface area contributed by atoms with Gasteiger partial charge in [0, 0.05) is 57.4 Å². The van der Waals surface area contributed by atoms with Crippen LogP contribution in [0.15, 0.2) is 0 Å². The van der Waals surface area contributed by atoms with Crippen LogP contribution >= 0.6 is 0 Å². The van der Waals surface area contributed by atoms with Gasteiger partial charge in [-0.15, -0.1) is 0 Å². The minimum Gasteiger partial charge on any atom is -0.355 e. The van der Waals surface area contributed by atoms with E-state index in [2.05, 4.69) is 26.6 Å². The van der Waals surface area contributed by atoms with Crippen molar-refractivity contribution >= 4 is 23.5 Å². The van der Waals surface area contributed by atoms with E-state index in [4.69, 9.17) is 0 Å². The van der Waals surface area contributed by atoms with Crippen LogP contribution < -0.4 is 26.6 Å². The maximum Gasteiger partial charge on any atom is 0.242 e. The van der Waals surface area contributed by atoms with E-state index >= 15 is 0 Å². The Bertz CT molecular complexity index is 538. The summed E-state index contributed by atoms with van der Waals surface area (Å²) in [6, 6.07) is -0.437. The second-order valence-electron chi connectivity index (χ2n) is 7.99. The molecule has 9 nitrogen and oxygen atoms in total. The number of hydrogen-bond donors (Lipinski definition) is 5. The average molecular weight is 458 g/mol. The number of likely N-dealkylation sites (N-methyl/N-ethyl adjacent to an activating group) is 1. The lowest BCUT2D eigenvalue weighted by molar-refractivity contribution is -0.130. The van der Waals surface area contributed by atoms with Crippen LogP contribution in [0.1, 0.15) is 73.6 Å². The summed E-state index contributed by atoms with van der Waals surface area (Å²) in [5.74, 6) is -0.695. The van der Waals surface area contributed by atoms with Gasteiger partial charge in [-0.05, 0) is 19.9 Å². The van der Waals surface area contributed by atoms with Gasteiger partial charge in [0.25, 0.3) is 0 Å². The summed E-state index contributed by atoms with van der Waals surface area (Å²) in [7, 11) is 1.78. The van der Waals surface area contributed by atoms with E-state index in [1.165, 1.54) is 0 Å². The van der Waals surface area contributed by atoms with Gasteiger partial charge in [0.2, 0.25) is 17.7 Å². The summed E-state index contributed by atoms with van der Waals surface area (Å²) < 4.78 is 0. The Morgan fingerprint density at radius 1 is 0.750 bits per heavy atom. The van der Waals surface area contributed by atoms with Crippen molar-refractivity contribution in [3.05, 3.63) is 0 Å². The van der Waals surface area contributed by atoms with Gasteiger partial charge in [0.1, 0.15) is 11.8 Å². The first-order valence-electron chi connectivity index (χ1n) is 11.9. The van der Waals surface area contributed by atoms with Gasteiger partial charge < -0.3 is 26.6 Å². The van der Waals surface area contributed by atoms with Crippen LogP contribution in [-0.4, -0.2) is 68.8 Å². The lowest BCUT2D eigenvalue weighted by Crippen LogP contribution is -2.48. The van der Waals surface area contributed by atoms with Crippen LogP contribution in [0, 0.1) is 5.92 Å². The van der Waals surface area contributed by atoms with Crippen LogP contribution in [0.4, 0.5) is 0 Å². The molecule has 0 saturated heterocycles. The molecule has 1 unspecified atom stereocenters. The second-order valence-corrected chi connectivity index (χ2v) is 7.99. The van der Waals surface area contributed by atoms with E-state index in [1.807, 2.05) is 41.5 Å². The summed E-state index contributed by atoms with van der Waals surface area (Å²) in [4.78, 5) is 48.4. The molecule has 9 heteroatoms. The van der Waals surface area contributed by atoms with Gasteiger partial charge in [-0.1, -0.05) is 41.5 Å².